The fourth-order valence-corrected chi connectivity index (χ4v) is 4.57. The first-order chi connectivity index (χ1) is 10.3. The molecular formula is C16H25N3OS. The van der Waals surface area contributed by atoms with E-state index in [0.29, 0.717) is 0 Å². The zero-order valence-electron chi connectivity index (χ0n) is 12.8. The second kappa shape index (κ2) is 6.88. The highest BCUT2D eigenvalue weighted by Crippen LogP contribution is 2.34. The maximum Gasteiger partial charge on any atom is 0.229 e. The predicted molar refractivity (Wildman–Crippen MR) is 86.8 cm³/mol. The van der Waals surface area contributed by atoms with E-state index in [0.717, 1.165) is 49.8 Å². The Balaban J connectivity index is 1.61. The molecule has 4 nitrogen and oxygen atoms in total. The third kappa shape index (κ3) is 3.64. The van der Waals surface area contributed by atoms with Crippen LogP contribution in [0.25, 0.3) is 0 Å². The van der Waals surface area contributed by atoms with Crippen LogP contribution < -0.4 is 10.6 Å². The summed E-state index contributed by atoms with van der Waals surface area (Å²) in [5.41, 5.74) is 1.23. The van der Waals surface area contributed by atoms with Crippen molar-refractivity contribution in [3.63, 3.8) is 0 Å². The number of nitrogens with zero attached hydrogens (tertiary/aromatic N) is 1. The van der Waals surface area contributed by atoms with Crippen molar-refractivity contribution in [2.24, 2.45) is 11.8 Å². The third-order valence-corrected chi connectivity index (χ3v) is 5.71. The molecule has 21 heavy (non-hydrogen) atoms. The Morgan fingerprint density at radius 1 is 1.38 bits per heavy atom. The minimum atomic E-state index is 0.153. The van der Waals surface area contributed by atoms with Crippen LogP contribution in [0.2, 0.25) is 0 Å². The average Bonchev–Trinajstić information content (AvgIpc) is 2.90. The lowest BCUT2D eigenvalue weighted by Crippen LogP contribution is -2.34. The molecule has 0 saturated carbocycles. The van der Waals surface area contributed by atoms with E-state index < -0.39 is 0 Å². The molecule has 116 valence electrons. The normalized spacial score (nSPS) is 22.8. The van der Waals surface area contributed by atoms with Gasteiger partial charge in [0.15, 0.2) is 5.13 Å². The highest BCUT2D eigenvalue weighted by atomic mass is 32.1. The highest BCUT2D eigenvalue weighted by molar-refractivity contribution is 7.15. The summed E-state index contributed by atoms with van der Waals surface area (Å²) in [5, 5.41) is 7.17. The summed E-state index contributed by atoms with van der Waals surface area (Å²) in [7, 11) is 0. The van der Waals surface area contributed by atoms with E-state index in [9.17, 15) is 4.79 Å². The van der Waals surface area contributed by atoms with Crippen LogP contribution in [0.3, 0.4) is 0 Å². The molecule has 2 aliphatic rings. The average molecular weight is 307 g/mol. The van der Waals surface area contributed by atoms with Crippen LogP contribution in [0.4, 0.5) is 5.13 Å². The number of fused-ring (bicyclic) bond motifs is 1. The fourth-order valence-electron chi connectivity index (χ4n) is 3.44. The number of aryl methyl sites for hydroxylation is 1. The predicted octanol–water partition coefficient (Wildman–Crippen LogP) is 2.99. The van der Waals surface area contributed by atoms with E-state index in [2.05, 4.69) is 22.5 Å². The Morgan fingerprint density at radius 2 is 2.19 bits per heavy atom. The van der Waals surface area contributed by atoms with Gasteiger partial charge in [-0.2, -0.15) is 0 Å². The topological polar surface area (TPSA) is 54.0 Å². The quantitative estimate of drug-likeness (QED) is 0.899. The fraction of sp³-hybridized carbons (Fsp3) is 0.750. The van der Waals surface area contributed by atoms with Gasteiger partial charge < -0.3 is 10.6 Å². The van der Waals surface area contributed by atoms with Gasteiger partial charge in [0, 0.05) is 10.8 Å². The van der Waals surface area contributed by atoms with Crippen LogP contribution in [0.1, 0.15) is 49.6 Å². The molecular weight excluding hydrogens is 282 g/mol. The summed E-state index contributed by atoms with van der Waals surface area (Å²) in [5.74, 6) is 1.13. The molecule has 5 heteroatoms. The summed E-state index contributed by atoms with van der Waals surface area (Å²) in [6.45, 7) is 4.16. The van der Waals surface area contributed by atoms with Gasteiger partial charge in [0.05, 0.1) is 5.69 Å². The van der Waals surface area contributed by atoms with Crippen molar-refractivity contribution in [3.8, 4) is 0 Å². The van der Waals surface area contributed by atoms with E-state index in [-0.39, 0.29) is 11.8 Å². The van der Waals surface area contributed by atoms with E-state index >= 15 is 0 Å². The van der Waals surface area contributed by atoms with Crippen LogP contribution in [-0.4, -0.2) is 24.0 Å². The van der Waals surface area contributed by atoms with Crippen molar-refractivity contribution in [1.82, 2.24) is 10.3 Å². The molecule has 1 aromatic rings. The number of hydrogen-bond acceptors (Lipinski definition) is 4. The van der Waals surface area contributed by atoms with Gasteiger partial charge in [-0.05, 0) is 51.1 Å². The number of carbonyl (C=O) groups is 1. The van der Waals surface area contributed by atoms with Gasteiger partial charge in [0.2, 0.25) is 5.91 Å². The van der Waals surface area contributed by atoms with Crippen molar-refractivity contribution < 1.29 is 4.79 Å². The summed E-state index contributed by atoms with van der Waals surface area (Å²) in [6, 6.07) is 0. The highest BCUT2D eigenvalue weighted by Gasteiger charge is 2.25. The zero-order valence-corrected chi connectivity index (χ0v) is 13.6. The number of amides is 1. The summed E-state index contributed by atoms with van der Waals surface area (Å²) < 4.78 is 0. The number of piperidine rings is 1. The number of hydrogen-bond donors (Lipinski definition) is 2. The number of nitrogens with one attached hydrogen (secondary N) is 2. The van der Waals surface area contributed by atoms with Gasteiger partial charge in [0.25, 0.3) is 0 Å². The van der Waals surface area contributed by atoms with Gasteiger partial charge in [-0.3, -0.25) is 4.79 Å². The van der Waals surface area contributed by atoms with E-state index in [1.807, 2.05) is 0 Å². The van der Waals surface area contributed by atoms with Gasteiger partial charge in [-0.15, -0.1) is 11.3 Å². The Labute approximate surface area is 130 Å². The standard InChI is InChI=1S/C16H25N3OS/c1-2-3-11-4-5-13-14(10-11)21-16(18-13)19-15(20)12-6-8-17-9-7-12/h11-12,17H,2-10H2,1H3,(H,18,19,20). The lowest BCUT2D eigenvalue weighted by atomic mass is 9.88. The van der Waals surface area contributed by atoms with Crippen LogP contribution in [0.5, 0.6) is 0 Å². The Hall–Kier alpha value is -0.940. The van der Waals surface area contributed by atoms with Gasteiger partial charge in [0.1, 0.15) is 0 Å². The molecule has 2 N–H and O–H groups in total. The molecule has 0 bridgehead atoms. The molecule has 1 aliphatic heterocycles. The molecule has 3 rings (SSSR count). The molecule has 1 atom stereocenters. The first-order valence-corrected chi connectivity index (χ1v) is 9.08. The van der Waals surface area contributed by atoms with Crippen molar-refractivity contribution in [3.05, 3.63) is 10.6 Å². The molecule has 1 saturated heterocycles. The Kier molecular flexibility index (Phi) is 4.91. The van der Waals surface area contributed by atoms with E-state index in [4.69, 9.17) is 0 Å². The summed E-state index contributed by atoms with van der Waals surface area (Å²) in [4.78, 5) is 18.3. The molecule has 0 aromatic carbocycles. The number of anilines is 1. The van der Waals surface area contributed by atoms with Crippen LogP contribution >= 0.6 is 11.3 Å². The minimum Gasteiger partial charge on any atom is -0.317 e. The first-order valence-electron chi connectivity index (χ1n) is 8.26. The van der Waals surface area contributed by atoms with Crippen molar-refractivity contribution in [2.75, 3.05) is 18.4 Å². The molecule has 1 aromatic heterocycles. The number of aromatic nitrogens is 1. The van der Waals surface area contributed by atoms with Gasteiger partial charge in [-0.1, -0.05) is 19.8 Å². The lowest BCUT2D eigenvalue weighted by Gasteiger charge is -2.20. The second-order valence-corrected chi connectivity index (χ2v) is 7.38. The first kappa shape index (κ1) is 15.0. The van der Waals surface area contributed by atoms with Crippen molar-refractivity contribution in [1.29, 1.82) is 0 Å². The number of carbonyl (C=O) groups excluding carboxylic acids is 1. The molecule has 1 unspecified atom stereocenters. The van der Waals surface area contributed by atoms with Crippen molar-refractivity contribution >= 4 is 22.4 Å². The molecule has 1 aliphatic carbocycles. The minimum absolute atomic E-state index is 0.153. The van der Waals surface area contributed by atoms with Crippen LogP contribution in [-0.2, 0) is 17.6 Å². The number of rotatable bonds is 4. The van der Waals surface area contributed by atoms with Crippen LogP contribution in [0, 0.1) is 11.8 Å². The molecule has 1 fully saturated rings. The lowest BCUT2D eigenvalue weighted by molar-refractivity contribution is -0.120. The number of thiazole rings is 1. The largest absolute Gasteiger partial charge is 0.317 e. The Bertz CT molecular complexity index is 494. The van der Waals surface area contributed by atoms with Crippen molar-refractivity contribution in [2.45, 2.75) is 51.9 Å². The third-order valence-electron chi connectivity index (χ3n) is 4.68. The van der Waals surface area contributed by atoms with Gasteiger partial charge >= 0.3 is 0 Å². The molecule has 1 amide bonds. The van der Waals surface area contributed by atoms with Crippen LogP contribution in [0.15, 0.2) is 0 Å². The summed E-state index contributed by atoms with van der Waals surface area (Å²) >= 11 is 1.70. The Morgan fingerprint density at radius 3 is 2.95 bits per heavy atom. The van der Waals surface area contributed by atoms with E-state index in [1.165, 1.54) is 29.8 Å². The smallest absolute Gasteiger partial charge is 0.229 e. The van der Waals surface area contributed by atoms with Gasteiger partial charge in [-0.25, -0.2) is 4.98 Å². The maximum absolute atomic E-state index is 12.3. The molecule has 0 spiro atoms. The SMILES string of the molecule is CCCC1CCc2nc(NC(=O)C3CCNCC3)sc2C1. The summed E-state index contributed by atoms with van der Waals surface area (Å²) in [6.07, 6.45) is 7.95. The second-order valence-electron chi connectivity index (χ2n) is 6.30. The van der Waals surface area contributed by atoms with E-state index in [1.54, 1.807) is 11.3 Å². The monoisotopic (exact) mass is 307 g/mol. The molecule has 0 radical (unpaired) electrons. The zero-order chi connectivity index (χ0) is 14.7. The maximum atomic E-state index is 12.3. The molecule has 2 heterocycles.